The first-order valence-corrected chi connectivity index (χ1v) is 10.2. The second-order valence-corrected chi connectivity index (χ2v) is 8.47. The number of carbonyl (C=O) groups is 2. The van der Waals surface area contributed by atoms with Crippen molar-refractivity contribution in [3.63, 3.8) is 0 Å². The Balaban J connectivity index is 1.30. The average molecular weight is 403 g/mol. The van der Waals surface area contributed by atoms with Gasteiger partial charge in [-0.2, -0.15) is 0 Å². The van der Waals surface area contributed by atoms with Gasteiger partial charge in [-0.25, -0.2) is 0 Å². The Bertz CT molecular complexity index is 887. The molecular formula is C20H19ClN2O3S. The molecule has 27 heavy (non-hydrogen) atoms. The molecule has 0 N–H and O–H groups in total. The zero-order valence-corrected chi connectivity index (χ0v) is 16.3. The summed E-state index contributed by atoms with van der Waals surface area (Å²) in [5, 5.41) is 4.17. The third-order valence-electron chi connectivity index (χ3n) is 4.88. The van der Waals surface area contributed by atoms with Crippen LogP contribution in [0.1, 0.15) is 51.3 Å². The first kappa shape index (κ1) is 18.2. The highest BCUT2D eigenvalue weighted by molar-refractivity contribution is 7.18. The quantitative estimate of drug-likeness (QED) is 0.672. The van der Waals surface area contributed by atoms with E-state index >= 15 is 0 Å². The average Bonchev–Trinajstić information content (AvgIpc) is 3.27. The first-order valence-electron chi connectivity index (χ1n) is 9.01. The molecule has 1 unspecified atom stereocenters. The van der Waals surface area contributed by atoms with Crippen molar-refractivity contribution in [2.75, 3.05) is 13.1 Å². The molecule has 1 atom stereocenters. The molecule has 5 nitrogen and oxygen atoms in total. The van der Waals surface area contributed by atoms with E-state index in [-0.39, 0.29) is 17.8 Å². The summed E-state index contributed by atoms with van der Waals surface area (Å²) in [6.45, 7) is 1.69. The van der Waals surface area contributed by atoms with Crippen LogP contribution in [0.5, 0.6) is 0 Å². The molecular weight excluding hydrogens is 384 g/mol. The summed E-state index contributed by atoms with van der Waals surface area (Å²) >= 11 is 7.18. The van der Waals surface area contributed by atoms with Gasteiger partial charge in [-0.3, -0.25) is 9.59 Å². The van der Waals surface area contributed by atoms with Crippen LogP contribution in [0.15, 0.2) is 41.6 Å². The second kappa shape index (κ2) is 7.82. The van der Waals surface area contributed by atoms with Gasteiger partial charge in [-0.1, -0.05) is 28.9 Å². The van der Waals surface area contributed by atoms with E-state index in [0.717, 1.165) is 30.8 Å². The van der Waals surface area contributed by atoms with Crippen LogP contribution in [0.2, 0.25) is 4.34 Å². The zero-order valence-electron chi connectivity index (χ0n) is 14.7. The van der Waals surface area contributed by atoms with Crippen LogP contribution in [0, 0.1) is 0 Å². The van der Waals surface area contributed by atoms with E-state index in [2.05, 4.69) is 5.16 Å². The lowest BCUT2D eigenvalue weighted by Gasteiger charge is -2.30. The van der Waals surface area contributed by atoms with Crippen molar-refractivity contribution < 1.29 is 14.4 Å². The molecule has 2 aliphatic rings. The number of hydrogen-bond acceptors (Lipinski definition) is 5. The number of Topliss-reactive ketones (excluding diaryl/α,β-unsaturated/α-hetero) is 1. The van der Waals surface area contributed by atoms with Crippen molar-refractivity contribution in [2.24, 2.45) is 5.16 Å². The molecule has 0 saturated carbocycles. The predicted octanol–water partition coefficient (Wildman–Crippen LogP) is 4.40. The Kier molecular flexibility index (Phi) is 5.27. The molecule has 0 spiro atoms. The monoisotopic (exact) mass is 402 g/mol. The lowest BCUT2D eigenvalue weighted by Crippen LogP contribution is -2.41. The minimum atomic E-state index is -0.0956. The molecule has 4 rings (SSSR count). The van der Waals surface area contributed by atoms with E-state index in [9.17, 15) is 9.59 Å². The number of carbonyl (C=O) groups excluding carboxylic acids is 2. The highest BCUT2D eigenvalue weighted by Crippen LogP contribution is 2.25. The summed E-state index contributed by atoms with van der Waals surface area (Å²) in [6.07, 6.45) is 2.68. The van der Waals surface area contributed by atoms with Crippen LogP contribution < -0.4 is 0 Å². The van der Waals surface area contributed by atoms with Crippen LogP contribution in [0.3, 0.4) is 0 Å². The smallest absolute Gasteiger partial charge is 0.253 e. The molecule has 7 heteroatoms. The molecule has 2 aromatic rings. The van der Waals surface area contributed by atoms with E-state index < -0.39 is 0 Å². The summed E-state index contributed by atoms with van der Waals surface area (Å²) < 4.78 is 0.622. The fourth-order valence-corrected chi connectivity index (χ4v) is 4.15. The van der Waals surface area contributed by atoms with Gasteiger partial charge in [0.2, 0.25) is 0 Å². The minimum absolute atomic E-state index is 0.0813. The van der Waals surface area contributed by atoms with E-state index in [1.54, 1.807) is 12.1 Å². The second-order valence-electron chi connectivity index (χ2n) is 6.76. The molecule has 1 amide bonds. The number of rotatable bonds is 6. The predicted molar refractivity (Wildman–Crippen MR) is 106 cm³/mol. The molecule has 1 fully saturated rings. The van der Waals surface area contributed by atoms with Crippen LogP contribution in [-0.2, 0) is 4.84 Å². The Labute approximate surface area is 166 Å². The van der Waals surface area contributed by atoms with Gasteiger partial charge in [-0.15, -0.1) is 11.3 Å². The maximum absolute atomic E-state index is 12.2. The van der Waals surface area contributed by atoms with Gasteiger partial charge >= 0.3 is 0 Å². The molecule has 0 radical (unpaired) electrons. The van der Waals surface area contributed by atoms with Crippen molar-refractivity contribution in [3.8, 4) is 0 Å². The maximum atomic E-state index is 12.2. The molecule has 2 aliphatic heterocycles. The number of halogens is 1. The van der Waals surface area contributed by atoms with Gasteiger partial charge in [0.1, 0.15) is 6.10 Å². The number of likely N-dealkylation sites (tertiary alicyclic amines) is 1. The summed E-state index contributed by atoms with van der Waals surface area (Å²) in [5.74, 6) is 0.167. The van der Waals surface area contributed by atoms with Gasteiger partial charge in [-0.05, 0) is 42.7 Å². The topological polar surface area (TPSA) is 59.0 Å². The van der Waals surface area contributed by atoms with Crippen molar-refractivity contribution in [1.82, 2.24) is 4.90 Å². The van der Waals surface area contributed by atoms with Gasteiger partial charge in [0, 0.05) is 31.5 Å². The molecule has 3 heterocycles. The molecule has 140 valence electrons. The number of benzene rings is 1. The number of thiophene rings is 1. The number of ketones is 1. The summed E-state index contributed by atoms with van der Waals surface area (Å²) in [6, 6.07) is 11.0. The summed E-state index contributed by atoms with van der Waals surface area (Å²) in [5.41, 5.74) is 2.51. The van der Waals surface area contributed by atoms with Crippen LogP contribution in [-0.4, -0.2) is 41.5 Å². The Morgan fingerprint density at radius 1 is 1.19 bits per heavy atom. The standard InChI is InChI=1S/C20H19ClN2O3S/c21-19-9-8-18(27-19)17(24)7-6-15-12-16(22-26-15)13-2-4-14(5-3-13)20(25)23-10-1-11-23/h2-5,8-9,15H,1,6-7,10-12H2. The third-order valence-corrected chi connectivity index (χ3v) is 6.15. The normalized spacial score (nSPS) is 18.6. The van der Waals surface area contributed by atoms with Crippen molar-refractivity contribution >= 4 is 40.3 Å². The summed E-state index contributed by atoms with van der Waals surface area (Å²) in [7, 11) is 0. The van der Waals surface area contributed by atoms with Crippen molar-refractivity contribution in [2.45, 2.75) is 31.8 Å². The Hall–Kier alpha value is -2.18. The summed E-state index contributed by atoms with van der Waals surface area (Å²) in [4.78, 5) is 32.4. The highest BCUT2D eigenvalue weighted by atomic mass is 35.5. The van der Waals surface area contributed by atoms with E-state index in [1.165, 1.54) is 11.3 Å². The van der Waals surface area contributed by atoms with Crippen LogP contribution >= 0.6 is 22.9 Å². The number of amides is 1. The molecule has 0 aliphatic carbocycles. The molecule has 1 aromatic heterocycles. The number of oxime groups is 1. The Morgan fingerprint density at radius 3 is 2.59 bits per heavy atom. The molecule has 0 bridgehead atoms. The number of hydrogen-bond donors (Lipinski definition) is 0. The van der Waals surface area contributed by atoms with E-state index in [0.29, 0.717) is 34.0 Å². The van der Waals surface area contributed by atoms with Crippen LogP contribution in [0.25, 0.3) is 0 Å². The highest BCUT2D eigenvalue weighted by Gasteiger charge is 2.25. The lowest BCUT2D eigenvalue weighted by molar-refractivity contribution is 0.0651. The SMILES string of the molecule is O=C(CCC1CC(c2ccc(C(=O)N3CCC3)cc2)=NO1)c1ccc(Cl)s1. The van der Waals surface area contributed by atoms with Gasteiger partial charge in [0.05, 0.1) is 14.9 Å². The van der Waals surface area contributed by atoms with E-state index in [1.807, 2.05) is 29.2 Å². The van der Waals surface area contributed by atoms with Gasteiger partial charge in [0.15, 0.2) is 5.78 Å². The Morgan fingerprint density at radius 2 is 1.96 bits per heavy atom. The van der Waals surface area contributed by atoms with E-state index in [4.69, 9.17) is 16.4 Å². The van der Waals surface area contributed by atoms with Gasteiger partial charge in [0.25, 0.3) is 5.91 Å². The number of nitrogens with zero attached hydrogens (tertiary/aromatic N) is 2. The zero-order chi connectivity index (χ0) is 18.8. The largest absolute Gasteiger partial charge is 0.392 e. The van der Waals surface area contributed by atoms with Gasteiger partial charge < -0.3 is 9.74 Å². The molecule has 1 aromatic carbocycles. The fraction of sp³-hybridized carbons (Fsp3) is 0.350. The minimum Gasteiger partial charge on any atom is -0.392 e. The third kappa shape index (κ3) is 4.06. The van der Waals surface area contributed by atoms with Crippen molar-refractivity contribution in [1.29, 1.82) is 0 Å². The van der Waals surface area contributed by atoms with Crippen LogP contribution in [0.4, 0.5) is 0 Å². The lowest BCUT2D eigenvalue weighted by atomic mass is 10.00. The first-order chi connectivity index (χ1) is 13.1. The molecule has 1 saturated heterocycles. The maximum Gasteiger partial charge on any atom is 0.253 e. The fourth-order valence-electron chi connectivity index (χ4n) is 3.14. The van der Waals surface area contributed by atoms with Crippen molar-refractivity contribution in [3.05, 3.63) is 56.7 Å².